The Morgan fingerprint density at radius 1 is 1.15 bits per heavy atom. The predicted octanol–water partition coefficient (Wildman–Crippen LogP) is 4.36. The largest absolute Gasteiger partial charge is 0.495 e. The molecule has 0 radical (unpaired) electrons. The molecule has 2 aromatic carbocycles. The molecule has 1 fully saturated rings. The molecule has 1 N–H and O–H groups in total. The maximum atomic E-state index is 12.6. The van der Waals surface area contributed by atoms with Crippen molar-refractivity contribution in [2.24, 2.45) is 5.92 Å². The quantitative estimate of drug-likeness (QED) is 0.539. The number of ether oxygens (including phenoxy) is 1. The van der Waals surface area contributed by atoms with E-state index in [-0.39, 0.29) is 24.9 Å². The Hall–Kier alpha value is -2.74. The minimum atomic E-state index is -3.51. The van der Waals surface area contributed by atoms with Gasteiger partial charge in [-0.2, -0.15) is 0 Å². The van der Waals surface area contributed by atoms with Crippen molar-refractivity contribution >= 4 is 27.3 Å². The third-order valence-electron chi connectivity index (χ3n) is 6.44. The zero-order chi connectivity index (χ0) is 24.7. The molecule has 7 nitrogen and oxygen atoms in total. The molecule has 3 rings (SSSR count). The lowest BCUT2D eigenvalue weighted by Gasteiger charge is -2.32. The highest BCUT2D eigenvalue weighted by Crippen LogP contribution is 2.30. The molecule has 2 aromatic rings. The number of nitrogens with one attached hydrogen (secondary N) is 1. The lowest BCUT2D eigenvalue weighted by Crippen LogP contribution is -2.33. The zero-order valence-corrected chi connectivity index (χ0v) is 21.5. The number of hydrogen-bond donors (Lipinski definition) is 1. The van der Waals surface area contributed by atoms with E-state index in [0.717, 1.165) is 30.8 Å². The predicted molar refractivity (Wildman–Crippen MR) is 138 cm³/mol. The summed E-state index contributed by atoms with van der Waals surface area (Å²) >= 11 is 0. The van der Waals surface area contributed by atoms with E-state index in [2.05, 4.69) is 41.4 Å². The van der Waals surface area contributed by atoms with E-state index in [1.165, 1.54) is 29.9 Å². The van der Waals surface area contributed by atoms with Crippen molar-refractivity contribution in [3.63, 3.8) is 0 Å². The summed E-state index contributed by atoms with van der Waals surface area (Å²) in [5.41, 5.74) is 2.75. The van der Waals surface area contributed by atoms with E-state index < -0.39 is 10.0 Å². The van der Waals surface area contributed by atoms with Crippen LogP contribution in [0.25, 0.3) is 0 Å². The molecule has 186 valence electrons. The van der Waals surface area contributed by atoms with Crippen molar-refractivity contribution in [1.29, 1.82) is 0 Å². The fraction of sp³-hybridized carbons (Fsp3) is 0.500. The van der Waals surface area contributed by atoms with Crippen molar-refractivity contribution < 1.29 is 17.9 Å². The Balaban J connectivity index is 1.52. The fourth-order valence-electron chi connectivity index (χ4n) is 4.32. The van der Waals surface area contributed by atoms with E-state index >= 15 is 0 Å². The standard InChI is InChI=1S/C26H37N3O4S/c1-20-15-18-28(19-16-20)23-13-11-22(12-14-23)21(2)27-26(30)10-7-17-29(34(4,31)32)24-8-5-6-9-25(24)33-3/h5-6,8-9,11-14,20-21H,7,10,15-19H2,1-4H3,(H,27,30). The third-order valence-corrected chi connectivity index (χ3v) is 7.62. The Kier molecular flexibility index (Phi) is 8.83. The van der Waals surface area contributed by atoms with Crippen LogP contribution < -0.4 is 19.3 Å². The molecule has 1 aliphatic heterocycles. The minimum absolute atomic E-state index is 0.102. The van der Waals surface area contributed by atoms with E-state index in [9.17, 15) is 13.2 Å². The van der Waals surface area contributed by atoms with Gasteiger partial charge in [0, 0.05) is 31.7 Å². The van der Waals surface area contributed by atoms with Crippen LogP contribution in [0.15, 0.2) is 48.5 Å². The Bertz CT molecular complexity index is 1050. The molecule has 1 heterocycles. The van der Waals surface area contributed by atoms with Gasteiger partial charge in [0.2, 0.25) is 15.9 Å². The van der Waals surface area contributed by atoms with Crippen LogP contribution in [-0.4, -0.2) is 47.3 Å². The van der Waals surface area contributed by atoms with E-state index in [4.69, 9.17) is 4.74 Å². The van der Waals surface area contributed by atoms with Gasteiger partial charge in [-0.05, 0) is 61.9 Å². The van der Waals surface area contributed by atoms with Crippen molar-refractivity contribution in [3.8, 4) is 5.75 Å². The second-order valence-corrected chi connectivity index (χ2v) is 11.1. The van der Waals surface area contributed by atoms with E-state index in [1.54, 1.807) is 24.3 Å². The van der Waals surface area contributed by atoms with Crippen LogP contribution in [0.4, 0.5) is 11.4 Å². The summed E-state index contributed by atoms with van der Waals surface area (Å²) in [6.45, 7) is 6.65. The van der Waals surface area contributed by atoms with Crippen LogP contribution in [0.3, 0.4) is 0 Å². The van der Waals surface area contributed by atoms with Gasteiger partial charge in [0.05, 0.1) is 25.1 Å². The zero-order valence-electron chi connectivity index (χ0n) is 20.7. The van der Waals surface area contributed by atoms with Gasteiger partial charge < -0.3 is 15.0 Å². The molecule has 0 aliphatic carbocycles. The molecule has 1 unspecified atom stereocenters. The molecular formula is C26H37N3O4S. The number of carbonyl (C=O) groups is 1. The fourth-order valence-corrected chi connectivity index (χ4v) is 5.29. The van der Waals surface area contributed by atoms with Gasteiger partial charge in [0.15, 0.2) is 0 Å². The van der Waals surface area contributed by atoms with Crippen molar-refractivity contribution in [1.82, 2.24) is 5.32 Å². The van der Waals surface area contributed by atoms with Crippen LogP contribution in [0.1, 0.15) is 51.1 Å². The first-order valence-electron chi connectivity index (χ1n) is 11.9. The summed E-state index contributed by atoms with van der Waals surface area (Å²) in [4.78, 5) is 15.0. The number of para-hydroxylation sites is 2. The van der Waals surface area contributed by atoms with Crippen molar-refractivity contribution in [2.45, 2.75) is 45.6 Å². The Morgan fingerprint density at radius 2 is 1.79 bits per heavy atom. The van der Waals surface area contributed by atoms with Crippen molar-refractivity contribution in [3.05, 3.63) is 54.1 Å². The highest BCUT2D eigenvalue weighted by Gasteiger charge is 2.21. The SMILES string of the molecule is COc1ccccc1N(CCCC(=O)NC(C)c1ccc(N2CCC(C)CC2)cc1)S(C)(=O)=O. The van der Waals surface area contributed by atoms with Gasteiger partial charge in [0.25, 0.3) is 0 Å². The number of methoxy groups -OCH3 is 1. The smallest absolute Gasteiger partial charge is 0.232 e. The molecule has 1 saturated heterocycles. The topological polar surface area (TPSA) is 79.0 Å². The van der Waals surface area contributed by atoms with Gasteiger partial charge in [-0.3, -0.25) is 9.10 Å². The van der Waals surface area contributed by atoms with Crippen LogP contribution in [-0.2, 0) is 14.8 Å². The molecule has 34 heavy (non-hydrogen) atoms. The van der Waals surface area contributed by atoms with Crippen LogP contribution in [0.2, 0.25) is 0 Å². The normalized spacial score (nSPS) is 15.6. The molecule has 1 aliphatic rings. The average molecular weight is 488 g/mol. The molecule has 0 bridgehead atoms. The third kappa shape index (κ3) is 6.88. The van der Waals surface area contributed by atoms with Crippen molar-refractivity contribution in [2.75, 3.05) is 42.2 Å². The molecule has 0 aromatic heterocycles. The second kappa shape index (κ2) is 11.6. The summed E-state index contributed by atoms with van der Waals surface area (Å²) < 4.78 is 31.3. The number of benzene rings is 2. The number of hydrogen-bond acceptors (Lipinski definition) is 5. The minimum Gasteiger partial charge on any atom is -0.495 e. The van der Waals surface area contributed by atoms with Crippen LogP contribution in [0, 0.1) is 5.92 Å². The maximum Gasteiger partial charge on any atom is 0.232 e. The van der Waals surface area contributed by atoms with E-state index in [1.807, 2.05) is 6.92 Å². The molecule has 1 amide bonds. The summed E-state index contributed by atoms with van der Waals surface area (Å²) in [7, 11) is -2.01. The van der Waals surface area contributed by atoms with Gasteiger partial charge in [0.1, 0.15) is 5.75 Å². The summed E-state index contributed by atoms with van der Waals surface area (Å²) in [6, 6.07) is 15.3. The van der Waals surface area contributed by atoms with E-state index in [0.29, 0.717) is 17.9 Å². The van der Waals surface area contributed by atoms with Gasteiger partial charge in [-0.15, -0.1) is 0 Å². The maximum absolute atomic E-state index is 12.6. The highest BCUT2D eigenvalue weighted by atomic mass is 32.2. The first-order valence-corrected chi connectivity index (χ1v) is 13.8. The molecule has 0 saturated carbocycles. The number of nitrogens with zero attached hydrogens (tertiary/aromatic N) is 2. The molecule has 8 heteroatoms. The number of rotatable bonds is 10. The first kappa shape index (κ1) is 25.9. The number of piperidine rings is 1. The summed E-state index contributed by atoms with van der Waals surface area (Å²) in [5, 5.41) is 3.03. The van der Waals surface area contributed by atoms with Gasteiger partial charge >= 0.3 is 0 Å². The highest BCUT2D eigenvalue weighted by molar-refractivity contribution is 7.92. The Morgan fingerprint density at radius 3 is 2.41 bits per heavy atom. The lowest BCUT2D eigenvalue weighted by atomic mass is 9.98. The van der Waals surface area contributed by atoms with Crippen LogP contribution in [0.5, 0.6) is 5.75 Å². The number of anilines is 2. The van der Waals surface area contributed by atoms with Crippen LogP contribution >= 0.6 is 0 Å². The summed E-state index contributed by atoms with van der Waals surface area (Å²) in [6.07, 6.45) is 4.24. The Labute approximate surface area is 204 Å². The summed E-state index contributed by atoms with van der Waals surface area (Å²) in [5.74, 6) is 1.17. The second-order valence-electron chi connectivity index (χ2n) is 9.16. The first-order chi connectivity index (χ1) is 16.2. The molecule has 1 atom stereocenters. The lowest BCUT2D eigenvalue weighted by molar-refractivity contribution is -0.121. The molecular weight excluding hydrogens is 450 g/mol. The average Bonchev–Trinajstić information content (AvgIpc) is 2.81. The monoisotopic (exact) mass is 487 g/mol. The van der Waals surface area contributed by atoms with Gasteiger partial charge in [-0.1, -0.05) is 31.2 Å². The number of carbonyl (C=O) groups excluding carboxylic acids is 1. The molecule has 0 spiro atoms. The number of amides is 1. The number of sulfonamides is 1. The van der Waals surface area contributed by atoms with Gasteiger partial charge in [-0.25, -0.2) is 8.42 Å².